The number of hydrogen-bond donors (Lipinski definition) is 3. The molecule has 7 heteroatoms. The van der Waals surface area contributed by atoms with Gasteiger partial charge in [0.2, 0.25) is 5.91 Å². The minimum atomic E-state index is -0.781. The molecule has 0 saturated heterocycles. The molecule has 0 aliphatic carbocycles. The molecule has 1 atom stereocenters. The third-order valence-electron chi connectivity index (χ3n) is 2.33. The highest BCUT2D eigenvalue weighted by Gasteiger charge is 2.21. The molecule has 1 amide bonds. The van der Waals surface area contributed by atoms with Crippen molar-refractivity contribution in [1.29, 1.82) is 0 Å². The number of halogens is 2. The van der Waals surface area contributed by atoms with E-state index in [1.165, 1.54) is 6.07 Å². The van der Waals surface area contributed by atoms with Crippen molar-refractivity contribution in [3.8, 4) is 0 Å². The number of nitrogens with one attached hydrogen (secondary N) is 1. The number of anilines is 1. The summed E-state index contributed by atoms with van der Waals surface area (Å²) in [6.45, 7) is 1.71. The molecule has 4 N–H and O–H groups in total. The second kappa shape index (κ2) is 6.20. The van der Waals surface area contributed by atoms with Crippen molar-refractivity contribution in [2.45, 2.75) is 13.3 Å². The van der Waals surface area contributed by atoms with Gasteiger partial charge in [0, 0.05) is 10.7 Å². The Balaban J connectivity index is 2.86. The zero-order valence-electron chi connectivity index (χ0n) is 9.65. The number of nitrogens with zero attached hydrogens (tertiary/aromatic N) is 1. The van der Waals surface area contributed by atoms with E-state index in [4.69, 9.17) is 22.5 Å². The molecule has 0 aliphatic heterocycles. The number of benzene rings is 1. The van der Waals surface area contributed by atoms with Gasteiger partial charge in [0.15, 0.2) is 5.84 Å². The summed E-state index contributed by atoms with van der Waals surface area (Å²) in [5, 5.41) is 14.0. The van der Waals surface area contributed by atoms with Crippen LogP contribution in [0.1, 0.15) is 13.3 Å². The fraction of sp³-hybridized carbons (Fsp3) is 0.273. The predicted octanol–water partition coefficient (Wildman–Crippen LogP) is 2.19. The Morgan fingerprint density at radius 1 is 1.61 bits per heavy atom. The normalized spacial score (nSPS) is 13.2. The summed E-state index contributed by atoms with van der Waals surface area (Å²) in [5.41, 5.74) is 5.60. The van der Waals surface area contributed by atoms with Gasteiger partial charge in [-0.15, -0.1) is 0 Å². The molecule has 0 saturated carbocycles. The molecule has 18 heavy (non-hydrogen) atoms. The smallest absolute Gasteiger partial charge is 0.235 e. The van der Waals surface area contributed by atoms with Crippen molar-refractivity contribution in [2.75, 3.05) is 5.32 Å². The lowest BCUT2D eigenvalue weighted by molar-refractivity contribution is -0.118. The van der Waals surface area contributed by atoms with E-state index in [-0.39, 0.29) is 16.5 Å². The Hall–Kier alpha value is -1.82. The number of oxime groups is 1. The van der Waals surface area contributed by atoms with Crippen LogP contribution in [0.4, 0.5) is 10.1 Å². The first-order chi connectivity index (χ1) is 8.47. The molecule has 1 unspecified atom stereocenters. The topological polar surface area (TPSA) is 87.7 Å². The zero-order chi connectivity index (χ0) is 13.7. The molecule has 5 nitrogen and oxygen atoms in total. The Bertz CT molecular complexity index is 459. The van der Waals surface area contributed by atoms with Crippen LogP contribution >= 0.6 is 11.6 Å². The number of nitrogens with two attached hydrogens (primary N) is 1. The number of carbonyl (C=O) groups is 1. The fourth-order valence-corrected chi connectivity index (χ4v) is 1.68. The Labute approximate surface area is 108 Å². The Morgan fingerprint density at radius 3 is 2.78 bits per heavy atom. The minimum absolute atomic E-state index is 0.169. The van der Waals surface area contributed by atoms with E-state index in [0.717, 1.165) is 12.1 Å². The van der Waals surface area contributed by atoms with Crippen molar-refractivity contribution in [2.24, 2.45) is 16.8 Å². The van der Waals surface area contributed by atoms with Crippen LogP contribution in [0.3, 0.4) is 0 Å². The highest BCUT2D eigenvalue weighted by molar-refractivity contribution is 6.31. The van der Waals surface area contributed by atoms with Crippen LogP contribution in [0.15, 0.2) is 23.4 Å². The highest BCUT2D eigenvalue weighted by atomic mass is 35.5. The fourth-order valence-electron chi connectivity index (χ4n) is 1.45. The first kappa shape index (κ1) is 14.2. The van der Waals surface area contributed by atoms with Gasteiger partial charge in [0.25, 0.3) is 0 Å². The molecule has 0 radical (unpaired) electrons. The molecule has 1 rings (SSSR count). The summed E-state index contributed by atoms with van der Waals surface area (Å²) >= 11 is 5.66. The lowest BCUT2D eigenvalue weighted by Gasteiger charge is -2.13. The number of carbonyl (C=O) groups excluding carboxylic acids is 1. The Kier molecular flexibility index (Phi) is 4.91. The summed E-state index contributed by atoms with van der Waals surface area (Å²) < 4.78 is 13.1. The van der Waals surface area contributed by atoms with Gasteiger partial charge in [-0.1, -0.05) is 23.7 Å². The summed E-state index contributed by atoms with van der Waals surface area (Å²) in [6, 6.07) is 3.66. The van der Waals surface area contributed by atoms with Gasteiger partial charge in [-0.05, 0) is 24.6 Å². The van der Waals surface area contributed by atoms with Gasteiger partial charge in [0.05, 0.1) is 5.92 Å². The average Bonchev–Trinajstić information content (AvgIpc) is 2.28. The van der Waals surface area contributed by atoms with Crippen LogP contribution in [0, 0.1) is 11.7 Å². The number of amides is 1. The average molecular weight is 274 g/mol. The van der Waals surface area contributed by atoms with Gasteiger partial charge < -0.3 is 16.3 Å². The van der Waals surface area contributed by atoms with Crippen molar-refractivity contribution >= 4 is 29.0 Å². The quantitative estimate of drug-likeness (QED) is 0.340. The largest absolute Gasteiger partial charge is 0.409 e. The zero-order valence-corrected chi connectivity index (χ0v) is 10.4. The third kappa shape index (κ3) is 3.59. The molecule has 98 valence electrons. The lowest BCUT2D eigenvalue weighted by atomic mass is 10.0. The van der Waals surface area contributed by atoms with Crippen LogP contribution in [0.2, 0.25) is 5.02 Å². The molecule has 0 bridgehead atoms. The van der Waals surface area contributed by atoms with Crippen molar-refractivity contribution in [3.63, 3.8) is 0 Å². The van der Waals surface area contributed by atoms with Crippen LogP contribution in [-0.2, 0) is 4.79 Å². The number of amidine groups is 1. The van der Waals surface area contributed by atoms with Gasteiger partial charge in [-0.3, -0.25) is 4.79 Å². The van der Waals surface area contributed by atoms with E-state index in [9.17, 15) is 9.18 Å². The summed E-state index contributed by atoms with van der Waals surface area (Å²) in [6.07, 6.45) is 0.352. The molecular formula is C11H13ClFN3O2. The highest BCUT2D eigenvalue weighted by Crippen LogP contribution is 2.19. The third-order valence-corrected chi connectivity index (χ3v) is 2.55. The maximum absolute atomic E-state index is 13.1. The summed E-state index contributed by atoms with van der Waals surface area (Å²) in [5.74, 6) is -2.03. The molecule has 0 heterocycles. The second-order valence-corrected chi connectivity index (χ2v) is 4.07. The van der Waals surface area contributed by atoms with E-state index in [1.807, 2.05) is 0 Å². The molecule has 0 aliphatic rings. The van der Waals surface area contributed by atoms with Crippen molar-refractivity contribution in [1.82, 2.24) is 0 Å². The summed E-state index contributed by atoms with van der Waals surface area (Å²) in [4.78, 5) is 11.8. The Morgan fingerprint density at radius 2 is 2.28 bits per heavy atom. The maximum atomic E-state index is 13.1. The molecule has 0 spiro atoms. The molecule has 1 aromatic carbocycles. The van der Waals surface area contributed by atoms with E-state index in [2.05, 4.69) is 10.5 Å². The minimum Gasteiger partial charge on any atom is -0.409 e. The lowest BCUT2D eigenvalue weighted by Crippen LogP contribution is -2.34. The molecule has 1 aromatic rings. The van der Waals surface area contributed by atoms with Crippen LogP contribution in [0.25, 0.3) is 0 Å². The number of hydrogen-bond acceptors (Lipinski definition) is 3. The van der Waals surface area contributed by atoms with Crippen molar-refractivity contribution < 1.29 is 14.4 Å². The van der Waals surface area contributed by atoms with E-state index < -0.39 is 17.6 Å². The van der Waals surface area contributed by atoms with Gasteiger partial charge >= 0.3 is 0 Å². The maximum Gasteiger partial charge on any atom is 0.235 e. The number of rotatable bonds is 4. The first-order valence-electron chi connectivity index (χ1n) is 5.22. The SMILES string of the molecule is CCC(C(=O)Nc1cc(F)cc(Cl)c1)/C(N)=N/O. The van der Waals surface area contributed by atoms with E-state index in [0.29, 0.717) is 6.42 Å². The van der Waals surface area contributed by atoms with Crippen molar-refractivity contribution in [3.05, 3.63) is 29.0 Å². The molecule has 0 aromatic heterocycles. The van der Waals surface area contributed by atoms with E-state index >= 15 is 0 Å². The first-order valence-corrected chi connectivity index (χ1v) is 5.60. The standard InChI is InChI=1S/C11H13ClFN3O2/c1-2-9(10(14)16-18)11(17)15-8-4-6(12)3-7(13)5-8/h3-5,9,18H,2H2,1H3,(H2,14,16)(H,15,17). The summed E-state index contributed by atoms with van der Waals surface area (Å²) in [7, 11) is 0. The molecule has 0 fully saturated rings. The van der Waals surface area contributed by atoms with Crippen LogP contribution in [0.5, 0.6) is 0 Å². The second-order valence-electron chi connectivity index (χ2n) is 3.63. The van der Waals surface area contributed by atoms with Crippen LogP contribution in [-0.4, -0.2) is 17.0 Å². The van der Waals surface area contributed by atoms with Gasteiger partial charge in [-0.2, -0.15) is 0 Å². The van der Waals surface area contributed by atoms with Gasteiger partial charge in [-0.25, -0.2) is 4.39 Å². The predicted molar refractivity (Wildman–Crippen MR) is 67.2 cm³/mol. The monoisotopic (exact) mass is 273 g/mol. The van der Waals surface area contributed by atoms with E-state index in [1.54, 1.807) is 6.92 Å². The van der Waals surface area contributed by atoms with Gasteiger partial charge in [0.1, 0.15) is 5.82 Å². The van der Waals surface area contributed by atoms with Crippen LogP contribution < -0.4 is 11.1 Å². The molecular weight excluding hydrogens is 261 g/mol.